The van der Waals surface area contributed by atoms with Gasteiger partial charge in [0.25, 0.3) is 0 Å². The van der Waals surface area contributed by atoms with Gasteiger partial charge in [-0.2, -0.15) is 0 Å². The van der Waals surface area contributed by atoms with Gasteiger partial charge in [-0.25, -0.2) is 0 Å². The Kier molecular flexibility index (Phi) is 3.52. The Bertz CT molecular complexity index is 855. The van der Waals surface area contributed by atoms with Crippen LogP contribution in [0.2, 0.25) is 5.02 Å². The van der Waals surface area contributed by atoms with Gasteiger partial charge in [0, 0.05) is 32.6 Å². The summed E-state index contributed by atoms with van der Waals surface area (Å²) in [6.07, 6.45) is 1.05. The van der Waals surface area contributed by atoms with Crippen LogP contribution in [0.4, 0.5) is 0 Å². The van der Waals surface area contributed by atoms with E-state index >= 15 is 0 Å². The van der Waals surface area contributed by atoms with Gasteiger partial charge < -0.3 is 4.98 Å². The van der Waals surface area contributed by atoms with Gasteiger partial charge >= 0.3 is 0 Å². The summed E-state index contributed by atoms with van der Waals surface area (Å²) in [7, 11) is 2.19. The molecule has 4 rings (SSSR count). The normalized spacial score (nSPS) is 18.6. The Morgan fingerprint density at radius 1 is 1.23 bits per heavy atom. The Labute approximate surface area is 143 Å². The summed E-state index contributed by atoms with van der Waals surface area (Å²) in [6.45, 7) is 1.05. The number of benzene rings is 2. The van der Waals surface area contributed by atoms with Crippen molar-refractivity contribution < 1.29 is 0 Å². The summed E-state index contributed by atoms with van der Waals surface area (Å²) in [6, 6.07) is 14.9. The minimum Gasteiger partial charge on any atom is -0.357 e. The van der Waals surface area contributed by atoms with E-state index in [-0.39, 0.29) is 6.04 Å². The Morgan fingerprint density at radius 2 is 2.09 bits per heavy atom. The van der Waals surface area contributed by atoms with E-state index < -0.39 is 0 Å². The average Bonchev–Trinajstić information content (AvgIpc) is 2.84. The van der Waals surface area contributed by atoms with Crippen molar-refractivity contribution in [2.24, 2.45) is 0 Å². The third kappa shape index (κ3) is 2.28. The summed E-state index contributed by atoms with van der Waals surface area (Å²) in [5.41, 5.74) is 5.17. The van der Waals surface area contributed by atoms with Gasteiger partial charge in [0.1, 0.15) is 0 Å². The molecule has 0 spiro atoms. The zero-order valence-corrected chi connectivity index (χ0v) is 14.6. The predicted molar refractivity (Wildman–Crippen MR) is 95.6 cm³/mol. The van der Waals surface area contributed by atoms with Crippen molar-refractivity contribution in [2.75, 3.05) is 13.6 Å². The topological polar surface area (TPSA) is 19.0 Å². The second-order valence-corrected chi connectivity index (χ2v) is 7.25. The number of hydrogen-bond acceptors (Lipinski definition) is 1. The number of nitrogens with zero attached hydrogens (tertiary/aromatic N) is 1. The summed E-state index contributed by atoms with van der Waals surface area (Å²) in [5.74, 6) is 0. The second-order valence-electron chi connectivity index (χ2n) is 5.90. The maximum atomic E-state index is 6.19. The van der Waals surface area contributed by atoms with E-state index in [0.717, 1.165) is 22.5 Å². The van der Waals surface area contributed by atoms with Crippen LogP contribution in [0, 0.1) is 0 Å². The van der Waals surface area contributed by atoms with E-state index in [1.165, 1.54) is 27.7 Å². The Hall–Kier alpha value is -1.29. The number of nitrogens with one attached hydrogen (secondary N) is 1. The first-order valence-electron chi connectivity index (χ1n) is 7.39. The molecule has 4 heteroatoms. The molecule has 1 atom stereocenters. The molecule has 0 saturated heterocycles. The standard InChI is InChI=1S/C18H16BrClN2/c1-22-8-7-14-15-10-13(20)5-6-16(15)21-17(14)18(22)11-3-2-4-12(19)9-11/h2-6,9-10,18,21H,7-8H2,1H3. The molecule has 0 radical (unpaired) electrons. The lowest BCUT2D eigenvalue weighted by Gasteiger charge is -2.33. The molecule has 1 aromatic heterocycles. The molecule has 1 aliphatic rings. The SMILES string of the molecule is CN1CCc2c([nH]c3ccc(Cl)cc23)C1c1cccc(Br)c1. The van der Waals surface area contributed by atoms with Crippen molar-refractivity contribution in [1.82, 2.24) is 9.88 Å². The van der Waals surface area contributed by atoms with Crippen molar-refractivity contribution >= 4 is 38.4 Å². The Morgan fingerprint density at radius 3 is 2.91 bits per heavy atom. The quantitative estimate of drug-likeness (QED) is 0.622. The van der Waals surface area contributed by atoms with Crippen LogP contribution >= 0.6 is 27.5 Å². The van der Waals surface area contributed by atoms with Crippen LogP contribution < -0.4 is 0 Å². The van der Waals surface area contributed by atoms with E-state index in [1.54, 1.807) is 0 Å². The van der Waals surface area contributed by atoms with Gasteiger partial charge in [-0.15, -0.1) is 0 Å². The third-order valence-electron chi connectivity index (χ3n) is 4.49. The summed E-state index contributed by atoms with van der Waals surface area (Å²) < 4.78 is 1.12. The number of H-pyrrole nitrogens is 1. The molecular formula is C18H16BrClN2. The van der Waals surface area contributed by atoms with Crippen LogP contribution in [0.3, 0.4) is 0 Å². The number of rotatable bonds is 1. The zero-order chi connectivity index (χ0) is 15.3. The minimum absolute atomic E-state index is 0.257. The predicted octanol–water partition coefficient (Wildman–Crippen LogP) is 5.16. The molecule has 112 valence electrons. The van der Waals surface area contributed by atoms with Crippen molar-refractivity contribution in [2.45, 2.75) is 12.5 Å². The first-order valence-corrected chi connectivity index (χ1v) is 8.56. The van der Waals surface area contributed by atoms with Crippen LogP contribution in [0.25, 0.3) is 10.9 Å². The first-order chi connectivity index (χ1) is 10.6. The average molecular weight is 376 g/mol. The molecule has 3 aromatic rings. The maximum absolute atomic E-state index is 6.19. The highest BCUT2D eigenvalue weighted by Crippen LogP contribution is 2.38. The van der Waals surface area contributed by atoms with E-state index in [9.17, 15) is 0 Å². The minimum atomic E-state index is 0.257. The Balaban J connectivity index is 1.93. The van der Waals surface area contributed by atoms with Crippen molar-refractivity contribution in [1.29, 1.82) is 0 Å². The molecule has 2 aromatic carbocycles. The summed E-state index contributed by atoms with van der Waals surface area (Å²) in [4.78, 5) is 6.03. The van der Waals surface area contributed by atoms with Crippen LogP contribution in [-0.2, 0) is 6.42 Å². The van der Waals surface area contributed by atoms with E-state index in [1.807, 2.05) is 6.07 Å². The van der Waals surface area contributed by atoms with Gasteiger partial charge in [0.05, 0.1) is 6.04 Å². The first kappa shape index (κ1) is 14.3. The van der Waals surface area contributed by atoms with Crippen LogP contribution in [0.15, 0.2) is 46.9 Å². The lowest BCUT2D eigenvalue weighted by atomic mass is 9.93. The lowest BCUT2D eigenvalue weighted by Crippen LogP contribution is -2.32. The molecule has 2 nitrogen and oxygen atoms in total. The molecule has 1 unspecified atom stereocenters. The van der Waals surface area contributed by atoms with Gasteiger partial charge in [0.2, 0.25) is 0 Å². The molecule has 0 amide bonds. The number of aromatic nitrogens is 1. The molecule has 0 aliphatic carbocycles. The van der Waals surface area contributed by atoms with Crippen LogP contribution in [0.1, 0.15) is 22.9 Å². The maximum Gasteiger partial charge on any atom is 0.0755 e. The van der Waals surface area contributed by atoms with E-state index in [2.05, 4.69) is 69.3 Å². The number of likely N-dealkylation sites (N-methyl/N-ethyl adjacent to an activating group) is 1. The molecule has 2 heterocycles. The fourth-order valence-corrected chi connectivity index (χ4v) is 4.07. The van der Waals surface area contributed by atoms with E-state index in [4.69, 9.17) is 11.6 Å². The van der Waals surface area contributed by atoms with Gasteiger partial charge in [-0.05, 0) is 54.9 Å². The van der Waals surface area contributed by atoms with Crippen LogP contribution in [-0.4, -0.2) is 23.5 Å². The van der Waals surface area contributed by atoms with Gasteiger partial charge in [-0.1, -0.05) is 39.7 Å². The highest BCUT2D eigenvalue weighted by molar-refractivity contribution is 9.10. The van der Waals surface area contributed by atoms with Crippen molar-refractivity contribution in [3.8, 4) is 0 Å². The third-order valence-corrected chi connectivity index (χ3v) is 5.22. The summed E-state index contributed by atoms with van der Waals surface area (Å²) >= 11 is 9.78. The highest BCUT2D eigenvalue weighted by atomic mass is 79.9. The molecule has 0 fully saturated rings. The lowest BCUT2D eigenvalue weighted by molar-refractivity contribution is 0.261. The fraction of sp³-hybridized carbons (Fsp3) is 0.222. The number of halogens is 2. The monoisotopic (exact) mass is 374 g/mol. The molecule has 1 aliphatic heterocycles. The largest absolute Gasteiger partial charge is 0.357 e. The van der Waals surface area contributed by atoms with E-state index in [0.29, 0.717) is 0 Å². The molecule has 0 saturated carbocycles. The molecule has 1 N–H and O–H groups in total. The smallest absolute Gasteiger partial charge is 0.0755 e. The number of hydrogen-bond donors (Lipinski definition) is 1. The fourth-order valence-electron chi connectivity index (χ4n) is 3.48. The van der Waals surface area contributed by atoms with Crippen LogP contribution in [0.5, 0.6) is 0 Å². The second kappa shape index (κ2) is 5.41. The van der Waals surface area contributed by atoms with Crippen molar-refractivity contribution in [3.63, 3.8) is 0 Å². The molecule has 0 bridgehead atoms. The number of aromatic amines is 1. The van der Waals surface area contributed by atoms with Crippen molar-refractivity contribution in [3.05, 3.63) is 68.8 Å². The van der Waals surface area contributed by atoms with Gasteiger partial charge in [0.15, 0.2) is 0 Å². The van der Waals surface area contributed by atoms with Gasteiger partial charge in [-0.3, -0.25) is 4.90 Å². The highest BCUT2D eigenvalue weighted by Gasteiger charge is 2.29. The molecular weight excluding hydrogens is 360 g/mol. The number of fused-ring (bicyclic) bond motifs is 3. The molecule has 22 heavy (non-hydrogen) atoms. The zero-order valence-electron chi connectivity index (χ0n) is 12.2. The summed E-state index contributed by atoms with van der Waals surface area (Å²) in [5, 5.41) is 2.06.